The van der Waals surface area contributed by atoms with Gasteiger partial charge in [-0.2, -0.15) is 0 Å². The predicted molar refractivity (Wildman–Crippen MR) is 150 cm³/mol. The Morgan fingerprint density at radius 2 is 1.66 bits per heavy atom. The summed E-state index contributed by atoms with van der Waals surface area (Å²) >= 11 is 0. The zero-order valence-electron chi connectivity index (χ0n) is 21.3. The number of amides is 1. The first-order valence-corrected chi connectivity index (χ1v) is 12.4. The summed E-state index contributed by atoms with van der Waals surface area (Å²) in [5.41, 5.74) is 3.16. The molecule has 5 aromatic rings. The Hall–Kier alpha value is -4.71. The quantitative estimate of drug-likeness (QED) is 0.239. The van der Waals surface area contributed by atoms with E-state index in [9.17, 15) is 9.18 Å². The molecule has 0 bridgehead atoms. The van der Waals surface area contributed by atoms with Gasteiger partial charge in [0.15, 0.2) is 0 Å². The van der Waals surface area contributed by atoms with E-state index in [2.05, 4.69) is 10.3 Å². The van der Waals surface area contributed by atoms with Crippen LogP contribution in [0, 0.1) is 5.82 Å². The number of carbonyl (C=O) groups is 1. The number of benzene rings is 4. The molecule has 1 aromatic heterocycles. The van der Waals surface area contributed by atoms with Gasteiger partial charge in [-0.1, -0.05) is 54.6 Å². The second-order valence-electron chi connectivity index (χ2n) is 9.12. The van der Waals surface area contributed by atoms with Gasteiger partial charge >= 0.3 is 0 Å². The third kappa shape index (κ3) is 5.65. The zero-order valence-corrected chi connectivity index (χ0v) is 21.3. The monoisotopic (exact) mass is 505 g/mol. The highest BCUT2D eigenvalue weighted by Gasteiger charge is 2.20. The molecule has 190 valence electrons. The maximum atomic E-state index is 13.9. The Kier molecular flexibility index (Phi) is 7.31. The molecular formula is C32H28FN3O2. The summed E-state index contributed by atoms with van der Waals surface area (Å²) in [5.74, 6) is 0.968. The van der Waals surface area contributed by atoms with E-state index >= 15 is 0 Å². The number of methoxy groups -OCH3 is 1. The average molecular weight is 506 g/mol. The Morgan fingerprint density at radius 3 is 2.39 bits per heavy atom. The molecule has 1 amide bonds. The first kappa shape index (κ1) is 25.0. The smallest absolute Gasteiger partial charge is 0.258 e. The fourth-order valence-electron chi connectivity index (χ4n) is 4.39. The first-order chi connectivity index (χ1) is 18.5. The largest absolute Gasteiger partial charge is 0.497 e. The molecule has 6 heteroatoms. The summed E-state index contributed by atoms with van der Waals surface area (Å²) < 4.78 is 18.8. The van der Waals surface area contributed by atoms with E-state index in [4.69, 9.17) is 4.74 Å². The van der Waals surface area contributed by atoms with Crippen molar-refractivity contribution in [3.63, 3.8) is 0 Å². The zero-order chi connectivity index (χ0) is 26.5. The molecule has 5 rings (SSSR count). The lowest BCUT2D eigenvalue weighted by molar-refractivity contribution is 0.0985. The van der Waals surface area contributed by atoms with Gasteiger partial charge in [0.2, 0.25) is 0 Å². The minimum atomic E-state index is -0.316. The van der Waals surface area contributed by atoms with Crippen LogP contribution in [0.2, 0.25) is 0 Å². The van der Waals surface area contributed by atoms with Gasteiger partial charge in [-0.05, 0) is 71.3 Å². The lowest BCUT2D eigenvalue weighted by Crippen LogP contribution is -2.30. The third-order valence-corrected chi connectivity index (χ3v) is 6.53. The highest BCUT2D eigenvalue weighted by molar-refractivity contribution is 6.08. The van der Waals surface area contributed by atoms with Gasteiger partial charge in [-0.15, -0.1) is 0 Å². The van der Waals surface area contributed by atoms with E-state index in [-0.39, 0.29) is 24.3 Å². The minimum Gasteiger partial charge on any atom is -0.497 e. The third-order valence-electron chi connectivity index (χ3n) is 6.53. The van der Waals surface area contributed by atoms with E-state index in [1.54, 1.807) is 30.3 Å². The topological polar surface area (TPSA) is 54.5 Å². The number of nitrogens with zero attached hydrogens (tertiary/aromatic N) is 2. The summed E-state index contributed by atoms with van der Waals surface area (Å²) in [4.78, 5) is 20.1. The molecule has 4 aromatic carbocycles. The molecule has 0 aliphatic heterocycles. The van der Waals surface area contributed by atoms with E-state index < -0.39 is 0 Å². The van der Waals surface area contributed by atoms with Crippen LogP contribution in [-0.4, -0.2) is 18.0 Å². The Balaban J connectivity index is 1.46. The summed E-state index contributed by atoms with van der Waals surface area (Å²) in [6, 6.07) is 31.3. The molecular weight excluding hydrogens is 477 g/mol. The second-order valence-corrected chi connectivity index (χ2v) is 9.12. The minimum absolute atomic E-state index is 0.0228. The number of carbonyl (C=O) groups excluding carboxylic acids is 1. The van der Waals surface area contributed by atoms with Crippen LogP contribution in [0.4, 0.5) is 15.9 Å². The standard InChI is InChI=1S/C32H28FN3O2/c1-22(24-11-15-30(38-2)16-12-24)35-31-20-29(17-18-34-31)36(21-23-7-13-28(33)14-8-23)32(37)27-10-9-25-5-3-4-6-26(25)19-27/h3-20,22H,21H2,1-2H3,(H,34,35)/t22-/m1/s1. The molecule has 1 atom stereocenters. The molecule has 0 spiro atoms. The van der Waals surface area contributed by atoms with Gasteiger partial charge in [0, 0.05) is 29.6 Å². The van der Waals surface area contributed by atoms with E-state index in [1.807, 2.05) is 85.8 Å². The van der Waals surface area contributed by atoms with E-state index in [1.165, 1.54) is 12.1 Å². The van der Waals surface area contributed by atoms with Crippen molar-refractivity contribution in [3.8, 4) is 5.75 Å². The number of hydrogen-bond acceptors (Lipinski definition) is 4. The Morgan fingerprint density at radius 1 is 0.921 bits per heavy atom. The van der Waals surface area contributed by atoms with Crippen LogP contribution >= 0.6 is 0 Å². The van der Waals surface area contributed by atoms with Crippen LogP contribution in [0.1, 0.15) is 34.5 Å². The van der Waals surface area contributed by atoms with Crippen molar-refractivity contribution in [1.82, 2.24) is 4.98 Å². The second kappa shape index (κ2) is 11.1. The molecule has 0 saturated heterocycles. The van der Waals surface area contributed by atoms with Crippen LogP contribution < -0.4 is 15.0 Å². The van der Waals surface area contributed by atoms with Gasteiger partial charge in [-0.3, -0.25) is 4.79 Å². The lowest BCUT2D eigenvalue weighted by atomic mass is 10.1. The molecule has 1 heterocycles. The molecule has 0 aliphatic carbocycles. The SMILES string of the molecule is COc1ccc([C@@H](C)Nc2cc(N(Cc3ccc(F)cc3)C(=O)c3ccc4ccccc4c3)ccn2)cc1. The van der Waals surface area contributed by atoms with Gasteiger partial charge < -0.3 is 15.0 Å². The maximum Gasteiger partial charge on any atom is 0.258 e. The van der Waals surface area contributed by atoms with Crippen molar-refractivity contribution in [1.29, 1.82) is 0 Å². The van der Waals surface area contributed by atoms with Crippen LogP contribution in [0.3, 0.4) is 0 Å². The van der Waals surface area contributed by atoms with Crippen LogP contribution in [0.25, 0.3) is 10.8 Å². The highest BCUT2D eigenvalue weighted by Crippen LogP contribution is 2.27. The number of pyridine rings is 1. The number of rotatable bonds is 8. The van der Waals surface area contributed by atoms with Crippen LogP contribution in [0.5, 0.6) is 5.75 Å². The van der Waals surface area contributed by atoms with E-state index in [0.717, 1.165) is 27.6 Å². The predicted octanol–water partition coefficient (Wildman–Crippen LogP) is 7.40. The number of halogens is 1. The molecule has 0 radical (unpaired) electrons. The number of nitrogens with one attached hydrogen (secondary N) is 1. The number of aromatic nitrogens is 1. The molecule has 1 N–H and O–H groups in total. The van der Waals surface area contributed by atoms with Gasteiger partial charge in [-0.25, -0.2) is 9.37 Å². The normalized spacial score (nSPS) is 11.7. The van der Waals surface area contributed by atoms with Crippen molar-refractivity contribution < 1.29 is 13.9 Å². The van der Waals surface area contributed by atoms with Crippen molar-refractivity contribution in [2.75, 3.05) is 17.3 Å². The Labute approximate surface area is 221 Å². The maximum absolute atomic E-state index is 13.9. The van der Waals surface area contributed by atoms with Gasteiger partial charge in [0.1, 0.15) is 17.4 Å². The number of hydrogen-bond donors (Lipinski definition) is 1. The van der Waals surface area contributed by atoms with Gasteiger partial charge in [0.05, 0.1) is 13.7 Å². The molecule has 38 heavy (non-hydrogen) atoms. The first-order valence-electron chi connectivity index (χ1n) is 12.4. The fraction of sp³-hybridized carbons (Fsp3) is 0.125. The van der Waals surface area contributed by atoms with Crippen LogP contribution in [-0.2, 0) is 6.54 Å². The Bertz CT molecular complexity index is 1550. The fourth-order valence-corrected chi connectivity index (χ4v) is 4.39. The number of fused-ring (bicyclic) bond motifs is 1. The summed E-state index contributed by atoms with van der Waals surface area (Å²) in [7, 11) is 1.64. The molecule has 0 aliphatic rings. The van der Waals surface area contributed by atoms with Crippen molar-refractivity contribution >= 4 is 28.2 Å². The average Bonchev–Trinajstić information content (AvgIpc) is 2.96. The summed E-state index contributed by atoms with van der Waals surface area (Å²) in [5, 5.41) is 5.48. The highest BCUT2D eigenvalue weighted by atomic mass is 19.1. The van der Waals surface area contributed by atoms with Crippen molar-refractivity contribution in [2.45, 2.75) is 19.5 Å². The molecule has 0 fully saturated rings. The number of anilines is 2. The number of ether oxygens (including phenoxy) is 1. The lowest BCUT2D eigenvalue weighted by Gasteiger charge is -2.24. The molecule has 5 nitrogen and oxygen atoms in total. The molecule has 0 unspecified atom stereocenters. The summed E-state index contributed by atoms with van der Waals surface area (Å²) in [6.45, 7) is 2.33. The van der Waals surface area contributed by atoms with Crippen molar-refractivity contribution in [3.05, 3.63) is 132 Å². The van der Waals surface area contributed by atoms with Crippen molar-refractivity contribution in [2.24, 2.45) is 0 Å². The molecule has 0 saturated carbocycles. The van der Waals surface area contributed by atoms with Gasteiger partial charge in [0.25, 0.3) is 5.91 Å². The van der Waals surface area contributed by atoms with Crippen LogP contribution in [0.15, 0.2) is 109 Å². The summed E-state index contributed by atoms with van der Waals surface area (Å²) in [6.07, 6.45) is 1.68. The van der Waals surface area contributed by atoms with E-state index in [0.29, 0.717) is 17.1 Å².